The van der Waals surface area contributed by atoms with Crippen LogP contribution in [0.4, 0.5) is 24.9 Å². The highest BCUT2D eigenvalue weighted by atomic mass is 19.4. The Kier molecular flexibility index (Phi) is 4.42. The summed E-state index contributed by atoms with van der Waals surface area (Å²) in [5.41, 5.74) is 6.91. The molecule has 6 nitrogen and oxygen atoms in total. The van der Waals surface area contributed by atoms with Gasteiger partial charge in [-0.25, -0.2) is 4.98 Å². The smallest absolute Gasteiger partial charge is 0.416 e. The van der Waals surface area contributed by atoms with Crippen LogP contribution in [0, 0.1) is 0 Å². The number of nitrogens with one attached hydrogen (secondary N) is 1. The Morgan fingerprint density at radius 1 is 0.964 bits per heavy atom. The number of nitrogens with zero attached hydrogens (tertiary/aromatic N) is 2. The van der Waals surface area contributed by atoms with Gasteiger partial charge in [-0.05, 0) is 29.8 Å². The van der Waals surface area contributed by atoms with Gasteiger partial charge in [0, 0.05) is 18.2 Å². The lowest BCUT2D eigenvalue weighted by Crippen LogP contribution is -2.06. The van der Waals surface area contributed by atoms with E-state index in [4.69, 9.17) is 15.2 Å². The quantitative estimate of drug-likeness (QED) is 0.701. The Bertz CT molecular complexity index is 1010. The maximum absolute atomic E-state index is 12.7. The minimum atomic E-state index is -4.39. The first-order valence-electron chi connectivity index (χ1n) is 8.33. The molecule has 1 aromatic heterocycles. The first-order chi connectivity index (χ1) is 13.4. The van der Waals surface area contributed by atoms with Crippen molar-refractivity contribution in [3.8, 4) is 22.8 Å². The fourth-order valence-corrected chi connectivity index (χ4v) is 2.78. The number of rotatable bonds is 4. The molecular weight excluding hydrogens is 373 g/mol. The van der Waals surface area contributed by atoms with E-state index >= 15 is 0 Å². The van der Waals surface area contributed by atoms with Crippen molar-refractivity contribution in [1.82, 2.24) is 9.97 Å². The third kappa shape index (κ3) is 3.78. The summed E-state index contributed by atoms with van der Waals surface area (Å²) in [4.78, 5) is 8.23. The zero-order valence-electron chi connectivity index (χ0n) is 14.5. The fraction of sp³-hybridized carbons (Fsp3) is 0.158. The summed E-state index contributed by atoms with van der Waals surface area (Å²) >= 11 is 0. The second-order valence-electron chi connectivity index (χ2n) is 6.11. The molecule has 0 atom stereocenters. The van der Waals surface area contributed by atoms with Crippen molar-refractivity contribution in [3.05, 3.63) is 59.7 Å². The molecule has 0 saturated carbocycles. The van der Waals surface area contributed by atoms with Gasteiger partial charge in [0.2, 0.25) is 12.7 Å². The van der Waals surface area contributed by atoms with Gasteiger partial charge < -0.3 is 20.5 Å². The molecule has 0 amide bonds. The number of hydrogen-bond acceptors (Lipinski definition) is 6. The number of nitrogens with two attached hydrogens (primary N) is 1. The maximum Gasteiger partial charge on any atom is 0.416 e. The van der Waals surface area contributed by atoms with Gasteiger partial charge in [0.05, 0.1) is 11.3 Å². The molecular formula is C19H15F3N4O2. The number of alkyl halides is 3. The lowest BCUT2D eigenvalue weighted by Gasteiger charge is -2.10. The number of hydrogen-bond donors (Lipinski definition) is 2. The van der Waals surface area contributed by atoms with Gasteiger partial charge in [0.25, 0.3) is 0 Å². The predicted molar refractivity (Wildman–Crippen MR) is 96.8 cm³/mol. The lowest BCUT2D eigenvalue weighted by molar-refractivity contribution is -0.137. The van der Waals surface area contributed by atoms with Gasteiger partial charge in [-0.15, -0.1) is 0 Å². The van der Waals surface area contributed by atoms with Crippen LogP contribution in [0.15, 0.2) is 48.5 Å². The normalized spacial score (nSPS) is 12.8. The van der Waals surface area contributed by atoms with E-state index in [1.54, 1.807) is 6.07 Å². The van der Waals surface area contributed by atoms with E-state index in [1.807, 2.05) is 18.2 Å². The monoisotopic (exact) mass is 388 g/mol. The van der Waals surface area contributed by atoms with Crippen molar-refractivity contribution in [2.24, 2.45) is 0 Å². The molecule has 144 valence electrons. The molecule has 0 saturated heterocycles. The highest BCUT2D eigenvalue weighted by Crippen LogP contribution is 2.33. The average molecular weight is 388 g/mol. The van der Waals surface area contributed by atoms with Crippen LogP contribution < -0.4 is 20.5 Å². The van der Waals surface area contributed by atoms with Crippen LogP contribution in [-0.4, -0.2) is 16.8 Å². The van der Waals surface area contributed by atoms with Crippen molar-refractivity contribution in [2.45, 2.75) is 12.7 Å². The number of halogens is 3. The van der Waals surface area contributed by atoms with Gasteiger partial charge in [-0.1, -0.05) is 18.2 Å². The van der Waals surface area contributed by atoms with Gasteiger partial charge in [0.15, 0.2) is 11.5 Å². The van der Waals surface area contributed by atoms with Crippen LogP contribution in [0.5, 0.6) is 11.5 Å². The highest BCUT2D eigenvalue weighted by Gasteiger charge is 2.30. The molecule has 1 aliphatic heterocycles. The second-order valence-corrected chi connectivity index (χ2v) is 6.11. The molecule has 0 aliphatic carbocycles. The molecule has 4 rings (SSSR count). The molecule has 0 bridgehead atoms. The summed E-state index contributed by atoms with van der Waals surface area (Å²) in [6.07, 6.45) is -4.39. The van der Waals surface area contributed by atoms with Crippen LogP contribution in [-0.2, 0) is 12.7 Å². The van der Waals surface area contributed by atoms with E-state index in [0.29, 0.717) is 35.1 Å². The zero-order valence-corrected chi connectivity index (χ0v) is 14.5. The molecule has 1 aliphatic rings. The van der Waals surface area contributed by atoms with Crippen molar-refractivity contribution in [2.75, 3.05) is 17.8 Å². The van der Waals surface area contributed by atoms with E-state index in [1.165, 1.54) is 12.1 Å². The largest absolute Gasteiger partial charge is 0.454 e. The van der Waals surface area contributed by atoms with Gasteiger partial charge in [0.1, 0.15) is 5.82 Å². The summed E-state index contributed by atoms with van der Waals surface area (Å²) in [6, 6.07) is 11.9. The average Bonchev–Trinajstić information content (AvgIpc) is 3.13. The number of benzene rings is 2. The van der Waals surface area contributed by atoms with Crippen molar-refractivity contribution < 1.29 is 22.6 Å². The Morgan fingerprint density at radius 3 is 2.46 bits per heavy atom. The number of nitrogen functional groups attached to an aromatic ring is 1. The number of aromatic nitrogens is 2. The predicted octanol–water partition coefficient (Wildman–Crippen LogP) is 4.09. The topological polar surface area (TPSA) is 82.3 Å². The molecule has 3 N–H and O–H groups in total. The Hall–Kier alpha value is -3.49. The molecule has 28 heavy (non-hydrogen) atoms. The number of fused-ring (bicyclic) bond motifs is 1. The maximum atomic E-state index is 12.7. The van der Waals surface area contributed by atoms with Crippen LogP contribution in [0.3, 0.4) is 0 Å². The summed E-state index contributed by atoms with van der Waals surface area (Å²) in [7, 11) is 0. The minimum Gasteiger partial charge on any atom is -0.454 e. The standard InChI is InChI=1S/C19H15F3N4O2/c20-19(21,22)13-4-2-12(3-5-13)14-8-17(26-18(23)25-14)24-9-11-1-6-15-16(7-11)28-10-27-15/h1-8H,9-10H2,(H3,23,24,25,26). The Balaban J connectivity index is 1.52. The zero-order chi connectivity index (χ0) is 19.7. The van der Waals surface area contributed by atoms with E-state index in [0.717, 1.165) is 17.7 Å². The summed E-state index contributed by atoms with van der Waals surface area (Å²) in [6.45, 7) is 0.644. The van der Waals surface area contributed by atoms with Gasteiger partial charge >= 0.3 is 6.18 Å². The Labute approximate surface area is 158 Å². The molecule has 2 heterocycles. The first-order valence-corrected chi connectivity index (χ1v) is 8.33. The first kappa shape index (κ1) is 17.9. The molecule has 0 spiro atoms. The summed E-state index contributed by atoms with van der Waals surface area (Å²) in [5, 5.41) is 3.13. The highest BCUT2D eigenvalue weighted by molar-refractivity contribution is 5.64. The minimum absolute atomic E-state index is 0.0191. The molecule has 0 radical (unpaired) electrons. The number of ether oxygens (including phenoxy) is 2. The van der Waals surface area contributed by atoms with Crippen LogP contribution in [0.1, 0.15) is 11.1 Å². The van der Waals surface area contributed by atoms with Gasteiger partial charge in [-0.3, -0.25) is 0 Å². The summed E-state index contributed by atoms with van der Waals surface area (Å²) in [5.74, 6) is 1.84. The van der Waals surface area contributed by atoms with Crippen molar-refractivity contribution in [1.29, 1.82) is 0 Å². The molecule has 0 unspecified atom stereocenters. The molecule has 9 heteroatoms. The SMILES string of the molecule is Nc1nc(NCc2ccc3c(c2)OCO3)cc(-c2ccc(C(F)(F)F)cc2)n1. The third-order valence-electron chi connectivity index (χ3n) is 4.16. The van der Waals surface area contributed by atoms with Crippen molar-refractivity contribution >= 4 is 11.8 Å². The van der Waals surface area contributed by atoms with Crippen molar-refractivity contribution in [3.63, 3.8) is 0 Å². The molecule has 3 aromatic rings. The third-order valence-corrected chi connectivity index (χ3v) is 4.16. The van der Waals surface area contributed by atoms with E-state index in [2.05, 4.69) is 15.3 Å². The van der Waals surface area contributed by atoms with E-state index in [-0.39, 0.29) is 12.7 Å². The lowest BCUT2D eigenvalue weighted by atomic mass is 10.1. The van der Waals surface area contributed by atoms with Crippen LogP contribution in [0.25, 0.3) is 11.3 Å². The van der Waals surface area contributed by atoms with E-state index in [9.17, 15) is 13.2 Å². The van der Waals surface area contributed by atoms with Crippen LogP contribution in [0.2, 0.25) is 0 Å². The van der Waals surface area contributed by atoms with E-state index < -0.39 is 11.7 Å². The van der Waals surface area contributed by atoms with Gasteiger partial charge in [-0.2, -0.15) is 18.2 Å². The number of anilines is 2. The second kappa shape index (κ2) is 6.91. The fourth-order valence-electron chi connectivity index (χ4n) is 2.78. The molecule has 0 fully saturated rings. The molecule has 2 aromatic carbocycles. The Morgan fingerprint density at radius 2 is 1.71 bits per heavy atom. The summed E-state index contributed by atoms with van der Waals surface area (Å²) < 4.78 is 48.8. The van der Waals surface area contributed by atoms with Crippen LogP contribution >= 0.6 is 0 Å².